The van der Waals surface area contributed by atoms with Gasteiger partial charge in [0, 0.05) is 21.8 Å². The van der Waals surface area contributed by atoms with Gasteiger partial charge in [-0.1, -0.05) is 66.0 Å². The smallest absolute Gasteiger partial charge is 0.261 e. The van der Waals surface area contributed by atoms with E-state index in [2.05, 4.69) is 59.6 Å². The molecule has 168 valence electrons. The summed E-state index contributed by atoms with van der Waals surface area (Å²) in [6.07, 6.45) is 2.64. The van der Waals surface area contributed by atoms with Crippen LogP contribution in [0.2, 0.25) is 0 Å². The second-order valence-corrected chi connectivity index (χ2v) is 10.8. The van der Waals surface area contributed by atoms with Crippen molar-refractivity contribution in [3.05, 3.63) is 69.7 Å². The highest BCUT2D eigenvalue weighted by molar-refractivity contribution is 9.10. The van der Waals surface area contributed by atoms with E-state index in [1.165, 1.54) is 10.5 Å². The number of halogens is 1. The van der Waals surface area contributed by atoms with Crippen molar-refractivity contribution in [1.82, 2.24) is 9.62 Å². The highest BCUT2D eigenvalue weighted by Crippen LogP contribution is 2.29. The maximum Gasteiger partial charge on any atom is 0.261 e. The molecule has 0 radical (unpaired) electrons. The Kier molecular flexibility index (Phi) is 9.79. The first-order chi connectivity index (χ1) is 14.8. The summed E-state index contributed by atoms with van der Waals surface area (Å²) in [6, 6.07) is 15.6. The van der Waals surface area contributed by atoms with Crippen molar-refractivity contribution in [2.24, 2.45) is 0 Å². The number of nitrogens with zero attached hydrogens (tertiary/aromatic N) is 1. The number of nitrogens with one attached hydrogen (secondary N) is 1. The van der Waals surface area contributed by atoms with Crippen molar-refractivity contribution in [2.45, 2.75) is 64.7 Å². The van der Waals surface area contributed by atoms with E-state index in [1.54, 1.807) is 36.2 Å². The first-order valence-corrected chi connectivity index (χ1v) is 12.5. The van der Waals surface area contributed by atoms with E-state index < -0.39 is 0 Å². The van der Waals surface area contributed by atoms with Crippen LogP contribution >= 0.6 is 27.9 Å². The molecule has 1 atom stereocenters. The maximum absolute atomic E-state index is 12.5. The first-order valence-electron chi connectivity index (χ1n) is 10.9. The molecule has 4 nitrogen and oxygen atoms in total. The van der Waals surface area contributed by atoms with E-state index in [1.807, 2.05) is 19.9 Å². The fourth-order valence-electron chi connectivity index (χ4n) is 3.33. The Labute approximate surface area is 199 Å². The molecule has 1 heterocycles. The zero-order valence-electron chi connectivity index (χ0n) is 19.1. The van der Waals surface area contributed by atoms with Crippen LogP contribution in [0.3, 0.4) is 0 Å². The quantitative estimate of drug-likeness (QED) is 0.238. The highest BCUT2D eigenvalue weighted by atomic mass is 79.9. The molecule has 3 rings (SSSR count). The SMILES string of the molecule is CC.CC(C)(C)SNC(CCCCN1C(=O)c2ccccc2C1=O)c1cccc(Br)c1. The maximum atomic E-state index is 12.5. The van der Waals surface area contributed by atoms with Crippen molar-refractivity contribution < 1.29 is 9.59 Å². The van der Waals surface area contributed by atoms with Gasteiger partial charge >= 0.3 is 0 Å². The lowest BCUT2D eigenvalue weighted by Crippen LogP contribution is -2.30. The van der Waals surface area contributed by atoms with Crippen LogP contribution in [0.15, 0.2) is 53.0 Å². The van der Waals surface area contributed by atoms with Crippen molar-refractivity contribution in [3.8, 4) is 0 Å². The normalized spacial score (nSPS) is 14.2. The second kappa shape index (κ2) is 11.8. The number of carbonyl (C=O) groups excluding carboxylic acids is 2. The molecule has 0 saturated heterocycles. The third-order valence-electron chi connectivity index (χ3n) is 4.76. The Hall–Kier alpha value is -1.63. The number of benzene rings is 2. The molecular formula is C25H33BrN2O2S. The fraction of sp³-hybridized carbons (Fsp3) is 0.440. The van der Waals surface area contributed by atoms with Gasteiger partial charge in [0.05, 0.1) is 11.1 Å². The van der Waals surface area contributed by atoms with Gasteiger partial charge in [0.1, 0.15) is 0 Å². The Morgan fingerprint density at radius 1 is 0.968 bits per heavy atom. The third-order valence-corrected chi connectivity index (χ3v) is 6.27. The van der Waals surface area contributed by atoms with Crippen molar-refractivity contribution in [1.29, 1.82) is 0 Å². The Bertz CT molecular complexity index is 860. The number of rotatable bonds is 8. The molecule has 2 aromatic carbocycles. The Morgan fingerprint density at radius 2 is 1.58 bits per heavy atom. The molecule has 1 unspecified atom stereocenters. The van der Waals surface area contributed by atoms with Gasteiger partial charge in [-0.3, -0.25) is 19.2 Å². The number of carbonyl (C=O) groups is 2. The largest absolute Gasteiger partial charge is 0.274 e. The summed E-state index contributed by atoms with van der Waals surface area (Å²) in [5.41, 5.74) is 2.28. The Morgan fingerprint density at radius 3 is 2.13 bits per heavy atom. The Balaban J connectivity index is 0.00000166. The first kappa shape index (κ1) is 25.6. The van der Waals surface area contributed by atoms with Gasteiger partial charge in [-0.15, -0.1) is 0 Å². The zero-order valence-corrected chi connectivity index (χ0v) is 21.5. The van der Waals surface area contributed by atoms with Crippen LogP contribution in [-0.2, 0) is 0 Å². The van der Waals surface area contributed by atoms with E-state index in [0.717, 1.165) is 23.7 Å². The molecule has 31 heavy (non-hydrogen) atoms. The molecule has 1 aliphatic rings. The molecule has 0 aliphatic carbocycles. The average Bonchev–Trinajstić information content (AvgIpc) is 2.99. The monoisotopic (exact) mass is 504 g/mol. The van der Waals surface area contributed by atoms with Crippen LogP contribution in [0.4, 0.5) is 0 Å². The van der Waals surface area contributed by atoms with Crippen molar-refractivity contribution in [2.75, 3.05) is 6.54 Å². The number of imide groups is 1. The summed E-state index contributed by atoms with van der Waals surface area (Å²) in [7, 11) is 0. The predicted octanol–water partition coefficient (Wildman–Crippen LogP) is 7.02. The summed E-state index contributed by atoms with van der Waals surface area (Å²) in [5, 5.41) is 0. The summed E-state index contributed by atoms with van der Waals surface area (Å²) in [4.78, 5) is 26.4. The number of fused-ring (bicyclic) bond motifs is 1. The summed E-state index contributed by atoms with van der Waals surface area (Å²) in [5.74, 6) is -0.342. The van der Waals surface area contributed by atoms with E-state index in [9.17, 15) is 9.59 Å². The van der Waals surface area contributed by atoms with Crippen LogP contribution in [0.1, 0.15) is 86.2 Å². The van der Waals surface area contributed by atoms with Gasteiger partial charge in [-0.05, 0) is 69.9 Å². The van der Waals surface area contributed by atoms with Crippen LogP contribution in [0, 0.1) is 0 Å². The second-order valence-electron chi connectivity index (χ2n) is 8.24. The van der Waals surface area contributed by atoms with Crippen LogP contribution in [-0.4, -0.2) is 28.0 Å². The van der Waals surface area contributed by atoms with E-state index >= 15 is 0 Å². The molecule has 0 saturated carbocycles. The molecule has 1 aliphatic heterocycles. The lowest BCUT2D eigenvalue weighted by atomic mass is 10.0. The van der Waals surface area contributed by atoms with Gasteiger partial charge in [0.15, 0.2) is 0 Å². The van der Waals surface area contributed by atoms with Crippen LogP contribution in [0.25, 0.3) is 0 Å². The number of amides is 2. The van der Waals surface area contributed by atoms with Gasteiger partial charge in [-0.25, -0.2) is 0 Å². The van der Waals surface area contributed by atoms with Crippen molar-refractivity contribution >= 4 is 39.7 Å². The zero-order chi connectivity index (χ0) is 23.0. The molecule has 2 aromatic rings. The standard InChI is InChI=1S/C23H27BrN2O2S.C2H6/c1-23(2,3)29-25-20(16-9-8-10-17(24)15-16)13-6-7-14-26-21(27)18-11-4-5-12-19(18)22(26)28;1-2/h4-5,8-12,15,20,25H,6-7,13-14H2,1-3H3;1-2H3. The molecule has 0 spiro atoms. The summed E-state index contributed by atoms with van der Waals surface area (Å²) >= 11 is 5.29. The van der Waals surface area contributed by atoms with E-state index in [-0.39, 0.29) is 22.6 Å². The van der Waals surface area contributed by atoms with Gasteiger partial charge in [0.25, 0.3) is 11.8 Å². The lowest BCUT2D eigenvalue weighted by Gasteiger charge is -2.25. The molecule has 0 bridgehead atoms. The van der Waals surface area contributed by atoms with Gasteiger partial charge in [0.2, 0.25) is 0 Å². The number of hydrogen-bond acceptors (Lipinski definition) is 4. The molecule has 0 fully saturated rings. The average molecular weight is 506 g/mol. The minimum absolute atomic E-state index is 0.116. The third kappa shape index (κ3) is 7.19. The minimum atomic E-state index is -0.171. The van der Waals surface area contributed by atoms with Gasteiger partial charge < -0.3 is 0 Å². The highest BCUT2D eigenvalue weighted by Gasteiger charge is 2.34. The topological polar surface area (TPSA) is 49.4 Å². The number of hydrogen-bond donors (Lipinski definition) is 1. The fourth-order valence-corrected chi connectivity index (χ4v) is 4.49. The summed E-state index contributed by atoms with van der Waals surface area (Å²) in [6.45, 7) is 11.0. The van der Waals surface area contributed by atoms with Gasteiger partial charge in [-0.2, -0.15) is 0 Å². The van der Waals surface area contributed by atoms with Crippen LogP contribution < -0.4 is 4.72 Å². The minimum Gasteiger partial charge on any atom is -0.274 e. The molecule has 2 amide bonds. The molecule has 6 heteroatoms. The van der Waals surface area contributed by atoms with E-state index in [4.69, 9.17) is 0 Å². The lowest BCUT2D eigenvalue weighted by molar-refractivity contribution is 0.0651. The molecule has 1 N–H and O–H groups in total. The summed E-state index contributed by atoms with van der Waals surface area (Å²) < 4.78 is 4.79. The van der Waals surface area contributed by atoms with Crippen LogP contribution in [0.5, 0.6) is 0 Å². The molecular weight excluding hydrogens is 472 g/mol. The number of unbranched alkanes of at least 4 members (excludes halogenated alkanes) is 1. The predicted molar refractivity (Wildman–Crippen MR) is 134 cm³/mol. The van der Waals surface area contributed by atoms with Crippen molar-refractivity contribution in [3.63, 3.8) is 0 Å². The van der Waals surface area contributed by atoms with E-state index in [0.29, 0.717) is 17.7 Å². The molecule has 0 aromatic heterocycles.